The van der Waals surface area contributed by atoms with E-state index in [0.717, 1.165) is 0 Å². The monoisotopic (exact) mass is 379 g/mol. The molecule has 0 aromatic carbocycles. The standard InChI is InChI=1S/C20H33N3O4/c1-11(2)10-23(19(26)22-20(6,7)8)14(5)17(24)15-12(3)16(18(25)27-9)21-13(15)4/h11,14,21H,10H2,1-9H3,(H,22,26). The van der Waals surface area contributed by atoms with Gasteiger partial charge in [0.2, 0.25) is 0 Å². The third kappa shape index (κ3) is 5.58. The second kappa shape index (κ2) is 8.59. The molecule has 0 fully saturated rings. The van der Waals surface area contributed by atoms with E-state index in [9.17, 15) is 14.4 Å². The number of aromatic amines is 1. The van der Waals surface area contributed by atoms with Crippen molar-refractivity contribution in [3.8, 4) is 0 Å². The molecule has 2 N–H and O–H groups in total. The predicted octanol–water partition coefficient (Wildman–Crippen LogP) is 3.46. The largest absolute Gasteiger partial charge is 0.464 e. The van der Waals surface area contributed by atoms with Crippen molar-refractivity contribution in [1.29, 1.82) is 0 Å². The van der Waals surface area contributed by atoms with Crippen LogP contribution in [0.15, 0.2) is 0 Å². The van der Waals surface area contributed by atoms with Crippen molar-refractivity contribution in [1.82, 2.24) is 15.2 Å². The molecule has 1 aromatic rings. The third-order valence-electron chi connectivity index (χ3n) is 4.23. The Balaban J connectivity index is 3.24. The minimum absolute atomic E-state index is 0.199. The van der Waals surface area contributed by atoms with Gasteiger partial charge in [-0.3, -0.25) is 4.79 Å². The molecule has 2 amide bonds. The molecule has 0 bridgehead atoms. The van der Waals surface area contributed by atoms with Crippen LogP contribution in [0.25, 0.3) is 0 Å². The molecule has 7 nitrogen and oxygen atoms in total. The number of hydrogen-bond donors (Lipinski definition) is 2. The predicted molar refractivity (Wildman–Crippen MR) is 105 cm³/mol. The van der Waals surface area contributed by atoms with Gasteiger partial charge in [-0.05, 0) is 53.0 Å². The molecule has 0 radical (unpaired) electrons. The molecule has 1 atom stereocenters. The zero-order valence-corrected chi connectivity index (χ0v) is 17.9. The Bertz CT molecular complexity index is 714. The zero-order valence-electron chi connectivity index (χ0n) is 17.9. The summed E-state index contributed by atoms with van der Waals surface area (Å²) in [5, 5.41) is 2.93. The topological polar surface area (TPSA) is 91.5 Å². The van der Waals surface area contributed by atoms with Gasteiger partial charge in [0.25, 0.3) is 0 Å². The summed E-state index contributed by atoms with van der Waals surface area (Å²) in [6.45, 7) is 15.3. The highest BCUT2D eigenvalue weighted by Gasteiger charge is 2.32. The van der Waals surface area contributed by atoms with Crippen molar-refractivity contribution in [2.24, 2.45) is 5.92 Å². The number of ether oxygens (including phenoxy) is 1. The Morgan fingerprint density at radius 1 is 1.15 bits per heavy atom. The number of carbonyl (C=O) groups is 3. The number of ketones is 1. The number of Topliss-reactive ketones (excluding diaryl/α,β-unsaturated/α-hetero) is 1. The Morgan fingerprint density at radius 3 is 2.15 bits per heavy atom. The van der Waals surface area contributed by atoms with Crippen LogP contribution in [-0.4, -0.2) is 52.9 Å². The fourth-order valence-electron chi connectivity index (χ4n) is 2.98. The summed E-state index contributed by atoms with van der Waals surface area (Å²) in [6.07, 6.45) is 0. The van der Waals surface area contributed by atoms with E-state index in [1.54, 1.807) is 25.7 Å². The number of aryl methyl sites for hydroxylation is 1. The van der Waals surface area contributed by atoms with Crippen molar-refractivity contribution >= 4 is 17.8 Å². The van der Waals surface area contributed by atoms with E-state index in [4.69, 9.17) is 4.74 Å². The minimum Gasteiger partial charge on any atom is -0.464 e. The molecule has 0 aliphatic heterocycles. The van der Waals surface area contributed by atoms with Gasteiger partial charge in [0.1, 0.15) is 5.69 Å². The fourth-order valence-corrected chi connectivity index (χ4v) is 2.98. The van der Waals surface area contributed by atoms with E-state index in [1.807, 2.05) is 34.6 Å². The highest BCUT2D eigenvalue weighted by atomic mass is 16.5. The van der Waals surface area contributed by atoms with Gasteiger partial charge in [-0.1, -0.05) is 13.8 Å². The molecule has 1 heterocycles. The van der Waals surface area contributed by atoms with Gasteiger partial charge in [-0.25, -0.2) is 9.59 Å². The molecule has 0 spiro atoms. The fraction of sp³-hybridized carbons (Fsp3) is 0.650. The third-order valence-corrected chi connectivity index (χ3v) is 4.23. The Hall–Kier alpha value is -2.31. The van der Waals surface area contributed by atoms with Crippen molar-refractivity contribution in [3.05, 3.63) is 22.5 Å². The number of esters is 1. The summed E-state index contributed by atoms with van der Waals surface area (Å²) in [6, 6.07) is -0.954. The maximum absolute atomic E-state index is 13.2. The number of nitrogens with one attached hydrogen (secondary N) is 2. The number of methoxy groups -OCH3 is 1. The molecule has 152 valence electrons. The SMILES string of the molecule is COC(=O)c1[nH]c(C)c(C(=O)C(C)N(CC(C)C)C(=O)NC(C)(C)C)c1C. The number of urea groups is 1. The molecule has 0 saturated heterocycles. The average molecular weight is 380 g/mol. The summed E-state index contributed by atoms with van der Waals surface area (Å²) >= 11 is 0. The van der Waals surface area contributed by atoms with Gasteiger partial charge >= 0.3 is 12.0 Å². The maximum atomic E-state index is 13.2. The molecule has 1 aromatic heterocycles. The maximum Gasteiger partial charge on any atom is 0.354 e. The second-order valence-electron chi connectivity index (χ2n) is 8.38. The van der Waals surface area contributed by atoms with Gasteiger partial charge in [-0.2, -0.15) is 0 Å². The van der Waals surface area contributed by atoms with Crippen molar-refractivity contribution < 1.29 is 19.1 Å². The van der Waals surface area contributed by atoms with E-state index in [2.05, 4.69) is 10.3 Å². The van der Waals surface area contributed by atoms with Gasteiger partial charge < -0.3 is 19.9 Å². The number of rotatable bonds is 6. The van der Waals surface area contributed by atoms with Crippen LogP contribution < -0.4 is 5.32 Å². The van der Waals surface area contributed by atoms with Crippen LogP contribution in [0.2, 0.25) is 0 Å². The summed E-state index contributed by atoms with van der Waals surface area (Å²) in [4.78, 5) is 42.4. The smallest absolute Gasteiger partial charge is 0.354 e. The lowest BCUT2D eigenvalue weighted by Gasteiger charge is -2.33. The van der Waals surface area contributed by atoms with E-state index >= 15 is 0 Å². The molecular weight excluding hydrogens is 346 g/mol. The Labute approximate surface area is 161 Å². The summed E-state index contributed by atoms with van der Waals surface area (Å²) in [7, 11) is 1.29. The number of hydrogen-bond acceptors (Lipinski definition) is 4. The van der Waals surface area contributed by atoms with E-state index < -0.39 is 17.6 Å². The van der Waals surface area contributed by atoms with Crippen LogP contribution in [0, 0.1) is 19.8 Å². The number of carbonyl (C=O) groups excluding carboxylic acids is 3. The average Bonchev–Trinajstić information content (AvgIpc) is 2.83. The molecule has 0 saturated carbocycles. The first kappa shape index (κ1) is 22.7. The van der Waals surface area contributed by atoms with E-state index in [0.29, 0.717) is 23.4 Å². The lowest BCUT2D eigenvalue weighted by molar-refractivity contribution is 0.0593. The molecule has 0 aliphatic carbocycles. The minimum atomic E-state index is -0.673. The first-order valence-corrected chi connectivity index (χ1v) is 9.20. The highest BCUT2D eigenvalue weighted by Crippen LogP contribution is 2.22. The second-order valence-corrected chi connectivity index (χ2v) is 8.38. The Kier molecular flexibility index (Phi) is 7.23. The van der Waals surface area contributed by atoms with Crippen LogP contribution in [0.3, 0.4) is 0 Å². The summed E-state index contributed by atoms with van der Waals surface area (Å²) in [5.74, 6) is -0.530. The summed E-state index contributed by atoms with van der Waals surface area (Å²) in [5.41, 5.74) is 1.41. The van der Waals surface area contributed by atoms with Crippen molar-refractivity contribution in [3.63, 3.8) is 0 Å². The molecular formula is C20H33N3O4. The molecule has 1 rings (SSSR count). The van der Waals surface area contributed by atoms with Crippen LogP contribution in [-0.2, 0) is 4.74 Å². The van der Waals surface area contributed by atoms with Crippen LogP contribution in [0.5, 0.6) is 0 Å². The lowest BCUT2D eigenvalue weighted by Crippen LogP contribution is -2.54. The quantitative estimate of drug-likeness (QED) is 0.585. The van der Waals surface area contributed by atoms with Gasteiger partial charge in [0.05, 0.1) is 13.2 Å². The van der Waals surface area contributed by atoms with Crippen molar-refractivity contribution in [2.75, 3.05) is 13.7 Å². The number of aromatic nitrogens is 1. The molecule has 27 heavy (non-hydrogen) atoms. The number of H-pyrrole nitrogens is 1. The van der Waals surface area contributed by atoms with Gasteiger partial charge in [0, 0.05) is 23.3 Å². The van der Waals surface area contributed by atoms with E-state index in [1.165, 1.54) is 7.11 Å². The first-order valence-electron chi connectivity index (χ1n) is 9.20. The van der Waals surface area contributed by atoms with Crippen molar-refractivity contribution in [2.45, 2.75) is 67.0 Å². The van der Waals surface area contributed by atoms with Crippen LogP contribution in [0.1, 0.15) is 73.6 Å². The first-order chi connectivity index (χ1) is 12.3. The molecule has 1 unspecified atom stereocenters. The van der Waals surface area contributed by atoms with Crippen LogP contribution >= 0.6 is 0 Å². The van der Waals surface area contributed by atoms with Crippen LogP contribution in [0.4, 0.5) is 4.79 Å². The van der Waals surface area contributed by atoms with E-state index in [-0.39, 0.29) is 23.4 Å². The molecule has 7 heteroatoms. The lowest BCUT2D eigenvalue weighted by atomic mass is 9.99. The number of nitrogens with zero attached hydrogens (tertiary/aromatic N) is 1. The normalized spacial score (nSPS) is 12.7. The molecule has 0 aliphatic rings. The summed E-state index contributed by atoms with van der Waals surface area (Å²) < 4.78 is 4.76. The van der Waals surface area contributed by atoms with Gasteiger partial charge in [-0.15, -0.1) is 0 Å². The van der Waals surface area contributed by atoms with Gasteiger partial charge in [0.15, 0.2) is 5.78 Å². The zero-order chi connectivity index (χ0) is 21.1. The highest BCUT2D eigenvalue weighted by molar-refractivity contribution is 6.06. The Morgan fingerprint density at radius 2 is 1.70 bits per heavy atom. The number of amides is 2.